The molecule has 0 aliphatic heterocycles. The Bertz CT molecular complexity index is 1410. The predicted octanol–water partition coefficient (Wildman–Crippen LogP) is 5.38. The third-order valence-electron chi connectivity index (χ3n) is 6.87. The lowest BCUT2D eigenvalue weighted by Gasteiger charge is -2.32. The van der Waals surface area contributed by atoms with Crippen LogP contribution < -0.4 is 19.5 Å². The topological polar surface area (TPSA) is 77.1 Å². The van der Waals surface area contributed by atoms with Gasteiger partial charge in [-0.1, -0.05) is 78.9 Å². The number of benzene rings is 4. The van der Waals surface area contributed by atoms with E-state index in [0.717, 1.165) is 28.0 Å². The van der Waals surface area contributed by atoms with Crippen LogP contribution in [0.3, 0.4) is 0 Å². The molecule has 0 radical (unpaired) electrons. The van der Waals surface area contributed by atoms with Gasteiger partial charge in [0.25, 0.3) is 0 Å². The van der Waals surface area contributed by atoms with E-state index in [-0.39, 0.29) is 24.8 Å². The van der Waals surface area contributed by atoms with Crippen LogP contribution in [0.25, 0.3) is 0 Å². The zero-order valence-corrected chi connectivity index (χ0v) is 23.7. The Balaban J connectivity index is 1.65. The summed E-state index contributed by atoms with van der Waals surface area (Å²) in [6, 6.07) is 31.5. The van der Waals surface area contributed by atoms with Crippen molar-refractivity contribution in [2.45, 2.75) is 25.4 Å². The maximum absolute atomic E-state index is 14.1. The van der Waals surface area contributed by atoms with Crippen molar-refractivity contribution in [1.29, 1.82) is 0 Å². The molecule has 0 bridgehead atoms. The lowest BCUT2D eigenvalue weighted by molar-refractivity contribution is -0.141. The number of nitrogens with zero attached hydrogens (tertiary/aromatic N) is 1. The summed E-state index contributed by atoms with van der Waals surface area (Å²) >= 11 is 0. The first kappa shape index (κ1) is 29.2. The summed E-state index contributed by atoms with van der Waals surface area (Å²) in [5.41, 5.74) is 3.50. The number of amides is 2. The molecule has 0 saturated heterocycles. The molecule has 212 valence electrons. The first-order chi connectivity index (χ1) is 20.0. The van der Waals surface area contributed by atoms with E-state index < -0.39 is 6.04 Å². The molecule has 4 aromatic rings. The minimum absolute atomic E-state index is 0.0805. The van der Waals surface area contributed by atoms with Gasteiger partial charge in [-0.25, -0.2) is 0 Å². The summed E-state index contributed by atoms with van der Waals surface area (Å²) in [6.07, 6.45) is 0.767. The van der Waals surface area contributed by atoms with E-state index in [0.29, 0.717) is 24.5 Å². The van der Waals surface area contributed by atoms with E-state index in [4.69, 9.17) is 14.2 Å². The van der Waals surface area contributed by atoms with Crippen LogP contribution in [0.4, 0.5) is 0 Å². The average molecular weight is 553 g/mol. The molecule has 7 nitrogen and oxygen atoms in total. The molecule has 41 heavy (non-hydrogen) atoms. The van der Waals surface area contributed by atoms with Gasteiger partial charge >= 0.3 is 0 Å². The molecule has 2 amide bonds. The number of carbonyl (C=O) groups is 2. The van der Waals surface area contributed by atoms with Crippen LogP contribution in [0.5, 0.6) is 17.2 Å². The number of rotatable bonds is 13. The second-order valence-electron chi connectivity index (χ2n) is 9.58. The molecule has 0 heterocycles. The quantitative estimate of drug-likeness (QED) is 0.241. The molecule has 0 aliphatic carbocycles. The van der Waals surface area contributed by atoms with Gasteiger partial charge in [-0.05, 0) is 52.9 Å². The zero-order chi connectivity index (χ0) is 29.0. The summed E-state index contributed by atoms with van der Waals surface area (Å²) < 4.78 is 16.1. The third-order valence-corrected chi connectivity index (χ3v) is 6.87. The minimum Gasteiger partial charge on any atom is -0.497 e. The summed E-state index contributed by atoms with van der Waals surface area (Å²) in [5, 5.41) is 3.08. The van der Waals surface area contributed by atoms with E-state index in [9.17, 15) is 9.59 Å². The Morgan fingerprint density at radius 2 is 1.34 bits per heavy atom. The molecule has 0 saturated carbocycles. The van der Waals surface area contributed by atoms with Crippen LogP contribution in [0.2, 0.25) is 0 Å². The molecule has 0 spiro atoms. The van der Waals surface area contributed by atoms with Crippen LogP contribution in [-0.2, 0) is 29.0 Å². The molecular formula is C34H36N2O5. The first-order valence-corrected chi connectivity index (χ1v) is 13.5. The van der Waals surface area contributed by atoms with Crippen molar-refractivity contribution >= 4 is 11.8 Å². The van der Waals surface area contributed by atoms with Crippen LogP contribution in [0, 0.1) is 0 Å². The highest BCUT2D eigenvalue weighted by Gasteiger charge is 2.31. The largest absolute Gasteiger partial charge is 0.497 e. The molecule has 1 atom stereocenters. The molecule has 4 rings (SSSR count). The Hall–Kier alpha value is -4.78. The van der Waals surface area contributed by atoms with E-state index in [2.05, 4.69) is 5.32 Å². The maximum atomic E-state index is 14.1. The molecule has 0 fully saturated rings. The van der Waals surface area contributed by atoms with Gasteiger partial charge in [0.1, 0.15) is 11.8 Å². The minimum atomic E-state index is -0.832. The van der Waals surface area contributed by atoms with Gasteiger partial charge in [-0.15, -0.1) is 0 Å². The van der Waals surface area contributed by atoms with E-state index >= 15 is 0 Å². The van der Waals surface area contributed by atoms with Gasteiger partial charge in [0.15, 0.2) is 11.5 Å². The second-order valence-corrected chi connectivity index (χ2v) is 9.58. The molecule has 0 aromatic heterocycles. The Labute approximate surface area is 241 Å². The number of nitrogens with one attached hydrogen (secondary N) is 1. The summed E-state index contributed by atoms with van der Waals surface area (Å²) in [7, 11) is 4.74. The molecule has 1 N–H and O–H groups in total. The highest BCUT2D eigenvalue weighted by Crippen LogP contribution is 2.30. The van der Waals surface area contributed by atoms with Crippen molar-refractivity contribution in [2.24, 2.45) is 0 Å². The van der Waals surface area contributed by atoms with Crippen molar-refractivity contribution in [1.82, 2.24) is 10.2 Å². The monoisotopic (exact) mass is 552 g/mol. The number of carbonyl (C=O) groups excluding carboxylic acids is 2. The Morgan fingerprint density at radius 1 is 0.707 bits per heavy atom. The van der Waals surface area contributed by atoms with Gasteiger partial charge < -0.3 is 24.4 Å². The van der Waals surface area contributed by atoms with Crippen molar-refractivity contribution in [2.75, 3.05) is 27.9 Å². The molecule has 0 aliphatic rings. The van der Waals surface area contributed by atoms with Crippen molar-refractivity contribution in [3.63, 3.8) is 0 Å². The number of ether oxygens (including phenoxy) is 3. The summed E-state index contributed by atoms with van der Waals surface area (Å²) in [5.74, 6) is 1.41. The normalized spacial score (nSPS) is 11.3. The fourth-order valence-corrected chi connectivity index (χ4v) is 4.70. The third kappa shape index (κ3) is 7.88. The standard InChI is InChI=1S/C34H36N2O5/c1-39-29-17-14-26(15-18-29)24-36(32(37)23-27-16-19-30(40-2)31(22-27)41-3)33(28-12-8-5-9-13-28)34(38)35-21-20-25-10-6-4-7-11-25/h4-19,22,33H,20-21,23-24H2,1-3H3,(H,35,38). The Morgan fingerprint density at radius 3 is 1.98 bits per heavy atom. The fourth-order valence-electron chi connectivity index (χ4n) is 4.70. The van der Waals surface area contributed by atoms with Crippen LogP contribution in [0.15, 0.2) is 103 Å². The van der Waals surface area contributed by atoms with Crippen LogP contribution in [0.1, 0.15) is 28.3 Å². The lowest BCUT2D eigenvalue weighted by Crippen LogP contribution is -2.44. The van der Waals surface area contributed by atoms with Gasteiger partial charge in [-0.3, -0.25) is 9.59 Å². The molecular weight excluding hydrogens is 516 g/mol. The van der Waals surface area contributed by atoms with Crippen LogP contribution >= 0.6 is 0 Å². The number of hydrogen-bond acceptors (Lipinski definition) is 5. The number of hydrogen-bond donors (Lipinski definition) is 1. The average Bonchev–Trinajstić information content (AvgIpc) is 3.02. The lowest BCUT2D eigenvalue weighted by atomic mass is 10.0. The van der Waals surface area contributed by atoms with E-state index in [1.807, 2.05) is 91.0 Å². The van der Waals surface area contributed by atoms with Crippen molar-refractivity contribution < 1.29 is 23.8 Å². The Kier molecular flexibility index (Phi) is 10.4. The molecule has 1 unspecified atom stereocenters. The van der Waals surface area contributed by atoms with Gasteiger partial charge in [-0.2, -0.15) is 0 Å². The summed E-state index contributed by atoms with van der Waals surface area (Å²) in [6.45, 7) is 0.689. The van der Waals surface area contributed by atoms with Gasteiger partial charge in [0, 0.05) is 13.1 Å². The van der Waals surface area contributed by atoms with Crippen molar-refractivity contribution in [3.8, 4) is 17.2 Å². The molecule has 4 aromatic carbocycles. The number of methoxy groups -OCH3 is 3. The fraction of sp³-hybridized carbons (Fsp3) is 0.235. The second kappa shape index (κ2) is 14.6. The summed E-state index contributed by atoms with van der Waals surface area (Å²) in [4.78, 5) is 29.5. The first-order valence-electron chi connectivity index (χ1n) is 13.5. The predicted molar refractivity (Wildman–Crippen MR) is 159 cm³/mol. The zero-order valence-electron chi connectivity index (χ0n) is 23.7. The highest BCUT2D eigenvalue weighted by atomic mass is 16.5. The van der Waals surface area contributed by atoms with Crippen molar-refractivity contribution in [3.05, 3.63) is 125 Å². The SMILES string of the molecule is COc1ccc(CN(C(=O)Cc2ccc(OC)c(OC)c2)C(C(=O)NCCc2ccccc2)c2ccccc2)cc1. The highest BCUT2D eigenvalue weighted by molar-refractivity contribution is 5.89. The van der Waals surface area contributed by atoms with E-state index in [1.165, 1.54) is 0 Å². The van der Waals surface area contributed by atoms with Gasteiger partial charge in [0.05, 0.1) is 27.8 Å². The van der Waals surface area contributed by atoms with E-state index in [1.54, 1.807) is 38.4 Å². The van der Waals surface area contributed by atoms with Gasteiger partial charge in [0.2, 0.25) is 11.8 Å². The molecule has 7 heteroatoms. The maximum Gasteiger partial charge on any atom is 0.247 e. The smallest absolute Gasteiger partial charge is 0.247 e. The van der Waals surface area contributed by atoms with Crippen LogP contribution in [-0.4, -0.2) is 44.6 Å².